The van der Waals surface area contributed by atoms with Gasteiger partial charge in [-0.25, -0.2) is 0 Å². The van der Waals surface area contributed by atoms with E-state index in [1.54, 1.807) is 0 Å². The highest BCUT2D eigenvalue weighted by Crippen LogP contribution is 2.26. The third-order valence-corrected chi connectivity index (χ3v) is 3.07. The minimum Gasteiger partial charge on any atom is -0.512 e. The molecule has 0 spiro atoms. The maximum Gasteiger partial charge on any atom is 0.155 e. The van der Waals surface area contributed by atoms with Crippen LogP contribution in [0.2, 0.25) is 0 Å². The fourth-order valence-electron chi connectivity index (χ4n) is 1.78. The zero-order valence-electron chi connectivity index (χ0n) is 11.8. The van der Waals surface area contributed by atoms with Crippen LogP contribution >= 0.6 is 0 Å². The highest BCUT2D eigenvalue weighted by atomic mass is 16.3. The lowest BCUT2D eigenvalue weighted by molar-refractivity contribution is -0.112. The Bertz CT molecular complexity index is 447. The predicted octanol–water partition coefficient (Wildman–Crippen LogP) is 4.12. The number of aliphatic hydroxyl groups excluding tert-OH is 1. The van der Waals surface area contributed by atoms with Gasteiger partial charge < -0.3 is 5.11 Å². The van der Waals surface area contributed by atoms with Crippen LogP contribution in [0.1, 0.15) is 51.7 Å². The first-order chi connectivity index (χ1) is 8.21. The number of allylic oxidation sites excluding steroid dienone is 2. The molecule has 0 aliphatic rings. The molecule has 2 nitrogen and oxygen atoms in total. The van der Waals surface area contributed by atoms with Gasteiger partial charge in [-0.2, -0.15) is 0 Å². The lowest BCUT2D eigenvalue weighted by Crippen LogP contribution is -2.11. The van der Waals surface area contributed by atoms with Crippen LogP contribution in [0.25, 0.3) is 0 Å². The van der Waals surface area contributed by atoms with E-state index in [0.717, 1.165) is 5.56 Å². The Kier molecular flexibility index (Phi) is 4.33. The van der Waals surface area contributed by atoms with Gasteiger partial charge in [0.25, 0.3) is 0 Å². The van der Waals surface area contributed by atoms with Gasteiger partial charge in [-0.05, 0) is 23.5 Å². The van der Waals surface area contributed by atoms with Gasteiger partial charge in [0.2, 0.25) is 0 Å². The number of benzene rings is 1. The van der Waals surface area contributed by atoms with E-state index >= 15 is 0 Å². The van der Waals surface area contributed by atoms with Gasteiger partial charge in [-0.15, -0.1) is 0 Å². The molecule has 1 atom stereocenters. The highest BCUT2D eigenvalue weighted by Gasteiger charge is 2.15. The van der Waals surface area contributed by atoms with Crippen LogP contribution < -0.4 is 0 Å². The Balaban J connectivity index is 2.96. The van der Waals surface area contributed by atoms with Crippen molar-refractivity contribution in [2.75, 3.05) is 0 Å². The summed E-state index contributed by atoms with van der Waals surface area (Å²) in [6, 6.07) is 8.17. The third-order valence-electron chi connectivity index (χ3n) is 3.07. The van der Waals surface area contributed by atoms with Crippen molar-refractivity contribution >= 4 is 5.78 Å². The highest BCUT2D eigenvalue weighted by molar-refractivity contribution is 5.87. The Hall–Kier alpha value is -1.57. The molecule has 0 radical (unpaired) electrons. The van der Waals surface area contributed by atoms with Gasteiger partial charge >= 0.3 is 0 Å². The van der Waals surface area contributed by atoms with Crippen molar-refractivity contribution in [3.8, 4) is 0 Å². The molecule has 0 saturated heterocycles. The Morgan fingerprint density at radius 2 is 1.72 bits per heavy atom. The number of ketones is 1. The van der Waals surface area contributed by atoms with E-state index < -0.39 is 0 Å². The molecule has 0 amide bonds. The predicted molar refractivity (Wildman–Crippen MR) is 74.9 cm³/mol. The quantitative estimate of drug-likeness (QED) is 0.643. The van der Waals surface area contributed by atoms with E-state index in [1.807, 2.05) is 19.1 Å². The average Bonchev–Trinajstić information content (AvgIpc) is 2.26. The molecule has 0 fully saturated rings. The van der Waals surface area contributed by atoms with Crippen molar-refractivity contribution in [3.63, 3.8) is 0 Å². The fourth-order valence-corrected chi connectivity index (χ4v) is 1.78. The second kappa shape index (κ2) is 5.38. The van der Waals surface area contributed by atoms with Gasteiger partial charge in [-0.3, -0.25) is 4.79 Å². The number of rotatable bonds is 3. The number of aliphatic hydroxyl groups is 1. The normalized spacial score (nSPS) is 14.4. The first-order valence-electron chi connectivity index (χ1n) is 6.23. The summed E-state index contributed by atoms with van der Waals surface area (Å²) in [6.45, 7) is 9.82. The molecule has 0 saturated carbocycles. The molecule has 0 aromatic heterocycles. The number of hydrogen-bond donors (Lipinski definition) is 1. The minimum absolute atomic E-state index is 0.117. The van der Waals surface area contributed by atoms with Crippen LogP contribution in [0.3, 0.4) is 0 Å². The van der Waals surface area contributed by atoms with Crippen molar-refractivity contribution < 1.29 is 9.90 Å². The summed E-state index contributed by atoms with van der Waals surface area (Å²) in [4.78, 5) is 10.9. The molecule has 1 unspecified atom stereocenters. The van der Waals surface area contributed by atoms with Gasteiger partial charge in [0.15, 0.2) is 5.78 Å². The van der Waals surface area contributed by atoms with Crippen LogP contribution in [0, 0.1) is 0 Å². The summed E-state index contributed by atoms with van der Waals surface area (Å²) in [6.07, 6.45) is 1.28. The van der Waals surface area contributed by atoms with Crippen molar-refractivity contribution in [1.29, 1.82) is 0 Å². The molecule has 18 heavy (non-hydrogen) atoms. The maximum atomic E-state index is 10.9. The van der Waals surface area contributed by atoms with Crippen molar-refractivity contribution in [2.45, 2.75) is 46.0 Å². The van der Waals surface area contributed by atoms with Crippen LogP contribution in [0.4, 0.5) is 0 Å². The summed E-state index contributed by atoms with van der Waals surface area (Å²) in [7, 11) is 0. The summed E-state index contributed by atoms with van der Waals surface area (Å²) >= 11 is 0. The second-order valence-electron chi connectivity index (χ2n) is 5.77. The Morgan fingerprint density at radius 1 is 1.22 bits per heavy atom. The monoisotopic (exact) mass is 246 g/mol. The fraction of sp³-hybridized carbons (Fsp3) is 0.438. The molecule has 0 heterocycles. The first kappa shape index (κ1) is 14.5. The molecular formula is C16H22O2. The molecule has 98 valence electrons. The lowest BCUT2D eigenvalue weighted by atomic mass is 9.85. The van der Waals surface area contributed by atoms with Crippen LogP contribution in [-0.4, -0.2) is 10.9 Å². The minimum atomic E-state index is -0.150. The lowest BCUT2D eigenvalue weighted by Gasteiger charge is -2.20. The molecular weight excluding hydrogens is 224 g/mol. The molecule has 0 aliphatic carbocycles. The van der Waals surface area contributed by atoms with Crippen molar-refractivity contribution in [3.05, 3.63) is 47.2 Å². The summed E-state index contributed by atoms with van der Waals surface area (Å²) in [5.41, 5.74) is 2.39. The summed E-state index contributed by atoms with van der Waals surface area (Å²) in [5, 5.41) is 9.81. The van der Waals surface area contributed by atoms with Crippen molar-refractivity contribution in [1.82, 2.24) is 0 Å². The molecule has 1 N–H and O–H groups in total. The van der Waals surface area contributed by atoms with E-state index in [-0.39, 0.29) is 22.9 Å². The van der Waals surface area contributed by atoms with Crippen LogP contribution in [0.15, 0.2) is 36.1 Å². The summed E-state index contributed by atoms with van der Waals surface area (Å²) in [5.74, 6) is -0.167. The Labute approximate surface area is 109 Å². The number of carbonyl (C=O) groups is 1. The van der Waals surface area contributed by atoms with E-state index in [0.29, 0.717) is 0 Å². The molecule has 0 bridgehead atoms. The van der Waals surface area contributed by atoms with Crippen LogP contribution in [-0.2, 0) is 10.2 Å². The van der Waals surface area contributed by atoms with Gasteiger partial charge in [0.05, 0.1) is 0 Å². The smallest absolute Gasteiger partial charge is 0.155 e. The molecule has 1 aromatic carbocycles. The van der Waals surface area contributed by atoms with Crippen LogP contribution in [0.5, 0.6) is 0 Å². The molecule has 1 rings (SSSR count). The molecule has 0 aliphatic heterocycles. The third kappa shape index (κ3) is 3.73. The van der Waals surface area contributed by atoms with E-state index in [1.165, 1.54) is 18.6 Å². The van der Waals surface area contributed by atoms with E-state index in [4.69, 9.17) is 0 Å². The largest absolute Gasteiger partial charge is 0.512 e. The van der Waals surface area contributed by atoms with E-state index in [2.05, 4.69) is 32.9 Å². The SMILES string of the molecule is CC(=O)/C=C(\O)C(C)c1ccc(C(C)(C)C)cc1. The van der Waals surface area contributed by atoms with Gasteiger partial charge in [0, 0.05) is 12.0 Å². The average molecular weight is 246 g/mol. The maximum absolute atomic E-state index is 10.9. The standard InChI is InChI=1S/C16H22O2/c1-11(17)10-15(18)12(2)13-6-8-14(9-7-13)16(3,4)5/h6-10,12,18H,1-5H3/b15-10-. The van der Waals surface area contributed by atoms with Gasteiger partial charge in [-0.1, -0.05) is 52.0 Å². The van der Waals surface area contributed by atoms with Gasteiger partial charge in [0.1, 0.15) is 5.76 Å². The molecule has 2 heteroatoms. The first-order valence-corrected chi connectivity index (χ1v) is 6.23. The molecule has 1 aromatic rings. The zero-order chi connectivity index (χ0) is 13.9. The van der Waals surface area contributed by atoms with E-state index in [9.17, 15) is 9.90 Å². The second-order valence-corrected chi connectivity index (χ2v) is 5.77. The Morgan fingerprint density at radius 3 is 2.11 bits per heavy atom. The number of carbonyl (C=O) groups excluding carboxylic acids is 1. The summed E-state index contributed by atoms with van der Waals surface area (Å²) < 4.78 is 0. The zero-order valence-corrected chi connectivity index (χ0v) is 11.8. The topological polar surface area (TPSA) is 37.3 Å². The van der Waals surface area contributed by atoms with Crippen molar-refractivity contribution in [2.24, 2.45) is 0 Å². The number of hydrogen-bond acceptors (Lipinski definition) is 2.